The van der Waals surface area contributed by atoms with Crippen LogP contribution in [-0.4, -0.2) is 66.8 Å². The first-order valence-corrected chi connectivity index (χ1v) is 8.52. The van der Waals surface area contributed by atoms with Gasteiger partial charge < -0.3 is 15.1 Å². The Kier molecular flexibility index (Phi) is 5.36. The first-order valence-electron chi connectivity index (χ1n) is 8.52. The monoisotopic (exact) mass is 383 g/mol. The highest BCUT2D eigenvalue weighted by Crippen LogP contribution is 2.34. The van der Waals surface area contributed by atoms with E-state index in [4.69, 9.17) is 0 Å². The SMILES string of the molecule is CN1CCN(C2=NC(C(=O)Nc3ccccc3C(F)(F)F)CC(=O)N2)CC1. The molecule has 1 atom stereocenters. The van der Waals surface area contributed by atoms with Crippen molar-refractivity contribution in [3.8, 4) is 0 Å². The van der Waals surface area contributed by atoms with Gasteiger partial charge in [0.2, 0.25) is 17.8 Å². The number of rotatable bonds is 2. The molecule has 2 aliphatic rings. The summed E-state index contributed by atoms with van der Waals surface area (Å²) in [7, 11) is 1.98. The molecule has 7 nitrogen and oxygen atoms in total. The molecule has 10 heteroatoms. The van der Waals surface area contributed by atoms with Gasteiger partial charge in [0.15, 0.2) is 0 Å². The summed E-state index contributed by atoms with van der Waals surface area (Å²) in [5.74, 6) is -0.833. The van der Waals surface area contributed by atoms with E-state index in [9.17, 15) is 22.8 Å². The number of amides is 2. The van der Waals surface area contributed by atoms with E-state index in [2.05, 4.69) is 20.5 Å². The summed E-state index contributed by atoms with van der Waals surface area (Å²) in [6.45, 7) is 2.84. The quantitative estimate of drug-likeness (QED) is 0.803. The largest absolute Gasteiger partial charge is 0.418 e. The Labute approximate surface area is 154 Å². The number of para-hydroxylation sites is 1. The molecule has 146 valence electrons. The fourth-order valence-corrected chi connectivity index (χ4v) is 2.96. The Hall–Kier alpha value is -2.62. The fourth-order valence-electron chi connectivity index (χ4n) is 2.96. The van der Waals surface area contributed by atoms with Gasteiger partial charge >= 0.3 is 6.18 Å². The van der Waals surface area contributed by atoms with Crippen LogP contribution in [-0.2, 0) is 15.8 Å². The summed E-state index contributed by atoms with van der Waals surface area (Å²) in [6, 6.07) is 3.64. The summed E-state index contributed by atoms with van der Waals surface area (Å²) in [6.07, 6.45) is -4.81. The number of carbonyl (C=O) groups excluding carboxylic acids is 2. The molecular formula is C17H20F3N5O2. The highest BCUT2D eigenvalue weighted by molar-refractivity contribution is 6.06. The molecule has 0 bridgehead atoms. The molecule has 3 rings (SSSR count). The Morgan fingerprint density at radius 2 is 1.89 bits per heavy atom. The van der Waals surface area contributed by atoms with Gasteiger partial charge in [-0.05, 0) is 19.2 Å². The number of alkyl halides is 3. The number of carbonyl (C=O) groups is 2. The molecule has 2 heterocycles. The van der Waals surface area contributed by atoms with Gasteiger partial charge in [-0.2, -0.15) is 13.2 Å². The zero-order chi connectivity index (χ0) is 19.6. The fraction of sp³-hybridized carbons (Fsp3) is 0.471. The second-order valence-electron chi connectivity index (χ2n) is 6.54. The highest BCUT2D eigenvalue weighted by Gasteiger charge is 2.35. The van der Waals surface area contributed by atoms with E-state index in [1.165, 1.54) is 18.2 Å². The van der Waals surface area contributed by atoms with E-state index >= 15 is 0 Å². The normalized spacial score (nSPS) is 21.5. The number of hydrogen-bond donors (Lipinski definition) is 2. The van der Waals surface area contributed by atoms with E-state index in [-0.39, 0.29) is 18.0 Å². The molecule has 1 fully saturated rings. The van der Waals surface area contributed by atoms with Gasteiger partial charge in [-0.25, -0.2) is 4.99 Å². The Bertz CT molecular complexity index is 757. The van der Waals surface area contributed by atoms with Crippen molar-refractivity contribution in [2.45, 2.75) is 18.6 Å². The van der Waals surface area contributed by atoms with E-state index < -0.39 is 23.7 Å². The van der Waals surface area contributed by atoms with E-state index in [1.807, 2.05) is 11.9 Å². The van der Waals surface area contributed by atoms with Crippen molar-refractivity contribution in [2.24, 2.45) is 4.99 Å². The number of anilines is 1. The molecule has 1 aromatic rings. The molecule has 27 heavy (non-hydrogen) atoms. The third kappa shape index (κ3) is 4.57. The van der Waals surface area contributed by atoms with Crippen LogP contribution < -0.4 is 10.6 Å². The zero-order valence-corrected chi connectivity index (χ0v) is 14.7. The molecular weight excluding hydrogens is 363 g/mol. The van der Waals surface area contributed by atoms with Gasteiger partial charge in [-0.3, -0.25) is 14.9 Å². The first-order chi connectivity index (χ1) is 12.7. The Balaban J connectivity index is 1.76. The van der Waals surface area contributed by atoms with Crippen LogP contribution in [0.3, 0.4) is 0 Å². The molecule has 0 spiro atoms. The topological polar surface area (TPSA) is 77.0 Å². The van der Waals surface area contributed by atoms with Gasteiger partial charge in [0, 0.05) is 26.2 Å². The Morgan fingerprint density at radius 3 is 2.56 bits per heavy atom. The van der Waals surface area contributed by atoms with E-state index in [0.29, 0.717) is 19.0 Å². The molecule has 1 saturated heterocycles. The number of likely N-dealkylation sites (N-methyl/N-ethyl adjacent to an activating group) is 1. The number of piperazine rings is 1. The molecule has 1 aromatic carbocycles. The van der Waals surface area contributed by atoms with Crippen LogP contribution in [0, 0.1) is 0 Å². The second-order valence-corrected chi connectivity index (χ2v) is 6.54. The number of halogens is 3. The van der Waals surface area contributed by atoms with Crippen molar-refractivity contribution in [1.29, 1.82) is 0 Å². The minimum atomic E-state index is -4.60. The van der Waals surface area contributed by atoms with Crippen molar-refractivity contribution in [2.75, 3.05) is 38.5 Å². The van der Waals surface area contributed by atoms with Crippen molar-refractivity contribution < 1.29 is 22.8 Å². The van der Waals surface area contributed by atoms with Crippen LogP contribution in [0.25, 0.3) is 0 Å². The van der Waals surface area contributed by atoms with Gasteiger partial charge in [-0.15, -0.1) is 0 Å². The third-order valence-electron chi connectivity index (χ3n) is 4.50. The number of nitrogens with zero attached hydrogens (tertiary/aromatic N) is 3. The van der Waals surface area contributed by atoms with Crippen LogP contribution >= 0.6 is 0 Å². The Morgan fingerprint density at radius 1 is 1.22 bits per heavy atom. The summed E-state index contributed by atoms with van der Waals surface area (Å²) in [5, 5.41) is 4.91. The second kappa shape index (κ2) is 7.55. The average molecular weight is 383 g/mol. The van der Waals surface area contributed by atoms with Gasteiger partial charge in [0.1, 0.15) is 6.04 Å². The van der Waals surface area contributed by atoms with Crippen LogP contribution in [0.4, 0.5) is 18.9 Å². The maximum Gasteiger partial charge on any atom is 0.418 e. The lowest BCUT2D eigenvalue weighted by Gasteiger charge is -2.36. The summed E-state index contributed by atoms with van der Waals surface area (Å²) < 4.78 is 39.3. The molecule has 2 amide bonds. The number of hydrogen-bond acceptors (Lipinski definition) is 5. The number of benzene rings is 1. The van der Waals surface area contributed by atoms with Crippen LogP contribution in [0.15, 0.2) is 29.3 Å². The molecule has 2 aliphatic heterocycles. The van der Waals surface area contributed by atoms with Crippen LogP contribution in [0.5, 0.6) is 0 Å². The molecule has 1 unspecified atom stereocenters. The molecule has 2 N–H and O–H groups in total. The lowest BCUT2D eigenvalue weighted by molar-refractivity contribution is -0.137. The standard InChI is InChI=1S/C17H20F3N5O2/c1-24-6-8-25(9-7-24)16-22-13(10-14(26)23-16)15(27)21-12-5-3-2-4-11(12)17(18,19)20/h2-5,13H,6-10H2,1H3,(H,21,27)(H,22,23,26). The van der Waals surface area contributed by atoms with Gasteiger partial charge in [0.05, 0.1) is 17.7 Å². The highest BCUT2D eigenvalue weighted by atomic mass is 19.4. The van der Waals surface area contributed by atoms with Crippen molar-refractivity contribution in [1.82, 2.24) is 15.1 Å². The summed E-state index contributed by atoms with van der Waals surface area (Å²) in [5.41, 5.74) is -1.29. The predicted molar refractivity (Wildman–Crippen MR) is 93.1 cm³/mol. The van der Waals surface area contributed by atoms with Crippen molar-refractivity contribution in [3.63, 3.8) is 0 Å². The van der Waals surface area contributed by atoms with E-state index in [0.717, 1.165) is 19.2 Å². The lowest BCUT2D eigenvalue weighted by atomic mass is 10.1. The van der Waals surface area contributed by atoms with Crippen LogP contribution in [0.2, 0.25) is 0 Å². The van der Waals surface area contributed by atoms with Crippen molar-refractivity contribution >= 4 is 23.5 Å². The number of aliphatic imine (C=N–C) groups is 1. The summed E-state index contributed by atoms with van der Waals surface area (Å²) in [4.78, 5) is 32.7. The maximum absolute atomic E-state index is 13.1. The maximum atomic E-state index is 13.1. The average Bonchev–Trinajstić information content (AvgIpc) is 2.61. The predicted octanol–water partition coefficient (Wildman–Crippen LogP) is 1.14. The van der Waals surface area contributed by atoms with E-state index in [1.54, 1.807) is 0 Å². The first kappa shape index (κ1) is 19.2. The molecule has 0 saturated carbocycles. The van der Waals surface area contributed by atoms with Gasteiger partial charge in [-0.1, -0.05) is 12.1 Å². The number of guanidine groups is 1. The zero-order valence-electron chi connectivity index (χ0n) is 14.7. The lowest BCUT2D eigenvalue weighted by Crippen LogP contribution is -2.55. The summed E-state index contributed by atoms with van der Waals surface area (Å²) >= 11 is 0. The third-order valence-corrected chi connectivity index (χ3v) is 4.50. The molecule has 0 aliphatic carbocycles. The minimum absolute atomic E-state index is 0.211. The minimum Gasteiger partial charge on any atom is -0.340 e. The van der Waals surface area contributed by atoms with Gasteiger partial charge in [0.25, 0.3) is 0 Å². The smallest absolute Gasteiger partial charge is 0.340 e. The molecule has 0 aromatic heterocycles. The van der Waals surface area contributed by atoms with Crippen molar-refractivity contribution in [3.05, 3.63) is 29.8 Å². The molecule has 0 radical (unpaired) electrons. The number of nitrogens with one attached hydrogen (secondary N) is 2. The van der Waals surface area contributed by atoms with Crippen LogP contribution in [0.1, 0.15) is 12.0 Å².